The maximum absolute atomic E-state index is 11.6. The first-order valence-corrected chi connectivity index (χ1v) is 4.66. The third kappa shape index (κ3) is 1.83. The molecule has 0 aromatic carbocycles. The molecule has 4 heteroatoms. The molecule has 0 amide bonds. The van der Waals surface area contributed by atoms with Crippen LogP contribution in [0.2, 0.25) is 0 Å². The Balaban J connectivity index is 3.13. The van der Waals surface area contributed by atoms with Crippen molar-refractivity contribution in [2.45, 2.75) is 33.2 Å². The lowest BCUT2D eigenvalue weighted by molar-refractivity contribution is 0.299. The van der Waals surface area contributed by atoms with Crippen LogP contribution in [0.3, 0.4) is 0 Å². The van der Waals surface area contributed by atoms with E-state index in [0.29, 0.717) is 13.0 Å². The number of H-pyrrole nitrogens is 1. The minimum atomic E-state index is 0.00778. The van der Waals surface area contributed by atoms with Gasteiger partial charge >= 0.3 is 0 Å². The van der Waals surface area contributed by atoms with Crippen LogP contribution >= 0.6 is 0 Å². The number of hydrogen-bond acceptors (Lipinski definition) is 2. The third-order valence-corrected chi connectivity index (χ3v) is 2.17. The van der Waals surface area contributed by atoms with E-state index >= 15 is 0 Å². The summed E-state index contributed by atoms with van der Waals surface area (Å²) in [6.45, 7) is 4.59. The number of aromatic nitrogens is 2. The predicted octanol–water partition coefficient (Wildman–Crippen LogP) is 0.293. The van der Waals surface area contributed by atoms with E-state index in [4.69, 9.17) is 5.11 Å². The molecule has 1 rings (SSSR count). The zero-order valence-electron chi connectivity index (χ0n) is 8.13. The number of aliphatic hydroxyl groups is 1. The molecule has 0 fully saturated rings. The Morgan fingerprint density at radius 3 is 2.62 bits per heavy atom. The highest BCUT2D eigenvalue weighted by Crippen LogP contribution is 2.02. The molecule has 74 valence electrons. The Morgan fingerprint density at radius 2 is 2.15 bits per heavy atom. The van der Waals surface area contributed by atoms with Crippen molar-refractivity contribution in [3.63, 3.8) is 0 Å². The van der Waals surface area contributed by atoms with Gasteiger partial charge in [0.1, 0.15) is 0 Å². The van der Waals surface area contributed by atoms with Crippen LogP contribution in [0, 0.1) is 0 Å². The number of rotatable bonds is 4. The van der Waals surface area contributed by atoms with E-state index in [0.717, 1.165) is 17.7 Å². The van der Waals surface area contributed by atoms with E-state index < -0.39 is 0 Å². The molecule has 0 atom stereocenters. The van der Waals surface area contributed by atoms with Gasteiger partial charge in [0.15, 0.2) is 0 Å². The Labute approximate surface area is 77.2 Å². The average Bonchev–Trinajstić information content (AvgIpc) is 2.45. The summed E-state index contributed by atoms with van der Waals surface area (Å²) in [4.78, 5) is 11.6. The fourth-order valence-corrected chi connectivity index (χ4v) is 1.46. The molecular formula is C9H16N2O2. The van der Waals surface area contributed by atoms with Gasteiger partial charge in [0.25, 0.3) is 5.56 Å². The molecule has 2 N–H and O–H groups in total. The molecule has 0 radical (unpaired) electrons. The van der Waals surface area contributed by atoms with Crippen molar-refractivity contribution in [2.75, 3.05) is 6.61 Å². The monoisotopic (exact) mass is 184 g/mol. The zero-order chi connectivity index (χ0) is 9.84. The maximum Gasteiger partial charge on any atom is 0.270 e. The first-order valence-electron chi connectivity index (χ1n) is 4.66. The first kappa shape index (κ1) is 10.1. The van der Waals surface area contributed by atoms with E-state index in [1.54, 1.807) is 4.68 Å². The van der Waals surface area contributed by atoms with Crippen LogP contribution in [0.1, 0.15) is 25.1 Å². The second-order valence-electron chi connectivity index (χ2n) is 2.95. The first-order chi connectivity index (χ1) is 6.24. The van der Waals surface area contributed by atoms with E-state index in [1.165, 1.54) is 0 Å². The standard InChI is InChI=1S/C9H16N2O2/c1-3-8-7(5-6-12)9(13)11(4-2)10-8/h10,12H,3-6H2,1-2H3. The van der Waals surface area contributed by atoms with Gasteiger partial charge in [-0.2, -0.15) is 0 Å². The van der Waals surface area contributed by atoms with Crippen LogP contribution in [0.4, 0.5) is 0 Å². The Bertz CT molecular complexity index is 325. The molecule has 1 aromatic heterocycles. The normalized spacial score (nSPS) is 10.7. The molecule has 1 heterocycles. The van der Waals surface area contributed by atoms with Crippen LogP contribution in [0.5, 0.6) is 0 Å². The van der Waals surface area contributed by atoms with E-state index in [-0.39, 0.29) is 12.2 Å². The smallest absolute Gasteiger partial charge is 0.270 e. The SMILES string of the molecule is CCc1[nH]n(CC)c(=O)c1CCO. The second kappa shape index (κ2) is 4.28. The summed E-state index contributed by atoms with van der Waals surface area (Å²) in [6, 6.07) is 0. The number of aryl methyl sites for hydroxylation is 2. The van der Waals surface area contributed by atoms with Crippen molar-refractivity contribution < 1.29 is 5.11 Å². The summed E-state index contributed by atoms with van der Waals surface area (Å²) < 4.78 is 1.57. The maximum atomic E-state index is 11.6. The lowest BCUT2D eigenvalue weighted by atomic mass is 10.1. The topological polar surface area (TPSA) is 58.0 Å². The number of aromatic amines is 1. The zero-order valence-corrected chi connectivity index (χ0v) is 8.13. The van der Waals surface area contributed by atoms with Gasteiger partial charge in [0.2, 0.25) is 0 Å². The second-order valence-corrected chi connectivity index (χ2v) is 2.95. The molecule has 0 aliphatic carbocycles. The average molecular weight is 184 g/mol. The largest absolute Gasteiger partial charge is 0.396 e. The van der Waals surface area contributed by atoms with Crippen LogP contribution in [0.25, 0.3) is 0 Å². The van der Waals surface area contributed by atoms with Gasteiger partial charge in [0, 0.05) is 30.8 Å². The Hall–Kier alpha value is -1.03. The van der Waals surface area contributed by atoms with Crippen LogP contribution in [-0.4, -0.2) is 21.5 Å². The van der Waals surface area contributed by atoms with Crippen molar-refractivity contribution in [1.29, 1.82) is 0 Å². The minimum absolute atomic E-state index is 0.00778. The highest BCUT2D eigenvalue weighted by atomic mass is 16.3. The molecule has 0 saturated carbocycles. The fourth-order valence-electron chi connectivity index (χ4n) is 1.46. The number of nitrogens with one attached hydrogen (secondary N) is 1. The van der Waals surface area contributed by atoms with Crippen molar-refractivity contribution >= 4 is 0 Å². The molecule has 1 aromatic rings. The van der Waals surface area contributed by atoms with Gasteiger partial charge in [-0.25, -0.2) is 0 Å². The number of nitrogens with zero attached hydrogens (tertiary/aromatic N) is 1. The highest BCUT2D eigenvalue weighted by Gasteiger charge is 2.10. The van der Waals surface area contributed by atoms with Crippen molar-refractivity contribution in [2.24, 2.45) is 0 Å². The molecule has 4 nitrogen and oxygen atoms in total. The molecule has 0 unspecified atom stereocenters. The van der Waals surface area contributed by atoms with Gasteiger partial charge in [-0.3, -0.25) is 14.6 Å². The Kier molecular flexibility index (Phi) is 3.31. The van der Waals surface area contributed by atoms with Crippen LogP contribution in [-0.2, 0) is 19.4 Å². The van der Waals surface area contributed by atoms with E-state index in [2.05, 4.69) is 5.10 Å². The number of hydrogen-bond donors (Lipinski definition) is 2. The van der Waals surface area contributed by atoms with Gasteiger partial charge in [0.05, 0.1) is 0 Å². The van der Waals surface area contributed by atoms with E-state index in [1.807, 2.05) is 13.8 Å². The lowest BCUT2D eigenvalue weighted by Crippen LogP contribution is -2.18. The summed E-state index contributed by atoms with van der Waals surface area (Å²) in [5, 5.41) is 11.8. The molecule has 0 saturated heterocycles. The predicted molar refractivity (Wildman–Crippen MR) is 50.9 cm³/mol. The minimum Gasteiger partial charge on any atom is -0.396 e. The molecule has 13 heavy (non-hydrogen) atoms. The molecule has 0 aliphatic heterocycles. The quantitative estimate of drug-likeness (QED) is 0.706. The van der Waals surface area contributed by atoms with Gasteiger partial charge < -0.3 is 5.11 Å². The summed E-state index contributed by atoms with van der Waals surface area (Å²) >= 11 is 0. The highest BCUT2D eigenvalue weighted by molar-refractivity contribution is 5.17. The fraction of sp³-hybridized carbons (Fsp3) is 0.667. The van der Waals surface area contributed by atoms with Gasteiger partial charge in [-0.15, -0.1) is 0 Å². The van der Waals surface area contributed by atoms with E-state index in [9.17, 15) is 4.79 Å². The summed E-state index contributed by atoms with van der Waals surface area (Å²) in [5.74, 6) is 0. The molecule has 0 spiro atoms. The van der Waals surface area contributed by atoms with Crippen LogP contribution < -0.4 is 5.56 Å². The van der Waals surface area contributed by atoms with Crippen molar-refractivity contribution in [3.05, 3.63) is 21.6 Å². The molecular weight excluding hydrogens is 168 g/mol. The molecule has 0 aliphatic rings. The summed E-state index contributed by atoms with van der Waals surface area (Å²) in [5.41, 5.74) is 1.68. The lowest BCUT2D eigenvalue weighted by Gasteiger charge is -1.94. The summed E-state index contributed by atoms with van der Waals surface area (Å²) in [6.07, 6.45) is 1.25. The molecule has 0 bridgehead atoms. The Morgan fingerprint density at radius 1 is 1.46 bits per heavy atom. The van der Waals surface area contributed by atoms with Gasteiger partial charge in [-0.05, 0) is 13.3 Å². The number of aliphatic hydroxyl groups excluding tert-OH is 1. The van der Waals surface area contributed by atoms with Gasteiger partial charge in [-0.1, -0.05) is 6.92 Å². The third-order valence-electron chi connectivity index (χ3n) is 2.17. The van der Waals surface area contributed by atoms with Crippen molar-refractivity contribution in [3.8, 4) is 0 Å². The van der Waals surface area contributed by atoms with Crippen LogP contribution in [0.15, 0.2) is 4.79 Å². The van der Waals surface area contributed by atoms with Crippen molar-refractivity contribution in [1.82, 2.24) is 9.78 Å². The summed E-state index contributed by atoms with van der Waals surface area (Å²) in [7, 11) is 0.